The Bertz CT molecular complexity index is 111. The van der Waals surface area contributed by atoms with E-state index in [0.29, 0.717) is 0 Å². The van der Waals surface area contributed by atoms with E-state index in [9.17, 15) is 0 Å². The molecule has 0 aliphatic heterocycles. The van der Waals surface area contributed by atoms with Gasteiger partial charge in [0.15, 0.2) is 0 Å². The van der Waals surface area contributed by atoms with Crippen LogP contribution in [0.15, 0.2) is 0 Å². The Kier molecular flexibility index (Phi) is 10.3. The average molecular weight is 178 g/mol. The molecule has 0 heterocycles. The van der Waals surface area contributed by atoms with E-state index in [0.717, 1.165) is 0 Å². The monoisotopic (exact) mass is 178 g/mol. The van der Waals surface area contributed by atoms with Crippen molar-refractivity contribution in [3.63, 3.8) is 0 Å². The number of phosphoric acid groups is 1. The molecule has 0 spiro atoms. The van der Waals surface area contributed by atoms with Gasteiger partial charge in [-0.25, -0.2) is 4.57 Å². The van der Waals surface area contributed by atoms with Gasteiger partial charge in [-0.3, -0.25) is 0 Å². The van der Waals surface area contributed by atoms with Crippen molar-refractivity contribution in [1.29, 1.82) is 0 Å². The van der Waals surface area contributed by atoms with Gasteiger partial charge in [0.05, 0.1) is 0 Å². The van der Waals surface area contributed by atoms with Crippen molar-refractivity contribution in [3.05, 3.63) is 10.1 Å². The first-order chi connectivity index (χ1) is 3.73. The van der Waals surface area contributed by atoms with E-state index in [1.165, 1.54) is 0 Å². The summed E-state index contributed by atoms with van der Waals surface area (Å²) in [5.41, 5.74) is 0. The molecule has 10 heavy (non-hydrogen) atoms. The summed E-state index contributed by atoms with van der Waals surface area (Å²) in [6, 6.07) is 0. The molecule has 0 saturated heterocycles. The van der Waals surface area contributed by atoms with Gasteiger partial charge in [0.25, 0.3) is 5.09 Å². The lowest BCUT2D eigenvalue weighted by Gasteiger charge is -1.82. The number of rotatable bonds is 0. The molecule has 0 aliphatic rings. The third-order valence-corrected chi connectivity index (χ3v) is 0. The van der Waals surface area contributed by atoms with Gasteiger partial charge in [0, 0.05) is 0 Å². The van der Waals surface area contributed by atoms with E-state index >= 15 is 0 Å². The average Bonchev–Trinajstić information content (AvgIpc) is 1.19. The van der Waals surface area contributed by atoms with Crippen LogP contribution in [0.3, 0.4) is 0 Å². The maximum atomic E-state index is 8.88. The fourth-order valence-corrected chi connectivity index (χ4v) is 0. The van der Waals surface area contributed by atoms with Gasteiger partial charge in [0.1, 0.15) is 0 Å². The molecule has 0 unspecified atom stereocenters. The number of nitrogens with zero attached hydrogens (tertiary/aromatic N) is 1. The Hall–Kier alpha value is -0.730. The minimum Gasteiger partial charge on any atom is -0.344 e. The summed E-state index contributed by atoms with van der Waals surface area (Å²) >= 11 is 0. The first kappa shape index (κ1) is 16.1. The molecule has 0 aromatic rings. The first-order valence-electron chi connectivity index (χ1n) is 1.35. The minimum absolute atomic E-state index is 0. The lowest BCUT2D eigenvalue weighted by Crippen LogP contribution is -1.81. The third-order valence-electron chi connectivity index (χ3n) is 0. The van der Waals surface area contributed by atoms with Gasteiger partial charge in [-0.15, -0.1) is 10.1 Å². The third kappa shape index (κ3) is 536. The zero-order chi connectivity index (χ0) is 8.08. The van der Waals surface area contributed by atoms with E-state index in [4.69, 9.17) is 34.6 Å². The second kappa shape index (κ2) is 6.39. The van der Waals surface area contributed by atoms with Crippen molar-refractivity contribution in [2.75, 3.05) is 0 Å². The van der Waals surface area contributed by atoms with Crippen LogP contribution in [0.5, 0.6) is 0 Å². The summed E-state index contributed by atoms with van der Waals surface area (Å²) in [7, 11) is -4.64. The highest BCUT2D eigenvalue weighted by Crippen LogP contribution is 2.25. The summed E-state index contributed by atoms with van der Waals surface area (Å²) in [4.78, 5) is 29.9. The Morgan fingerprint density at radius 2 is 1.30 bits per heavy atom. The fourth-order valence-electron chi connectivity index (χ4n) is 0. The zero-order valence-electron chi connectivity index (χ0n) is 4.62. The van der Waals surface area contributed by atoms with Crippen LogP contribution in [0, 0.1) is 10.1 Å². The Labute approximate surface area is 54.8 Å². The van der Waals surface area contributed by atoms with E-state index in [-0.39, 0.29) is 6.15 Å². The molecule has 7 N–H and O–H groups in total. The largest absolute Gasteiger partial charge is 0.466 e. The molecule has 0 amide bonds. The fraction of sp³-hybridized carbons (Fsp3) is 0. The number of hydrogen-bond acceptors (Lipinski definition) is 4. The van der Waals surface area contributed by atoms with Crippen LogP contribution >= 0.6 is 7.82 Å². The van der Waals surface area contributed by atoms with Gasteiger partial charge in [-0.05, 0) is 0 Å². The quantitative estimate of drug-likeness (QED) is 0.176. The van der Waals surface area contributed by atoms with E-state index < -0.39 is 12.9 Å². The predicted molar refractivity (Wildman–Crippen MR) is 28.1 cm³/mol. The molecular weight excluding hydrogens is 171 g/mol. The molecular formula is H7N2O7P. The smallest absolute Gasteiger partial charge is 0.344 e. The zero-order valence-corrected chi connectivity index (χ0v) is 5.51. The van der Waals surface area contributed by atoms with Crippen LogP contribution in [0.25, 0.3) is 0 Å². The van der Waals surface area contributed by atoms with Gasteiger partial charge < -0.3 is 26.0 Å². The molecule has 0 radical (unpaired) electrons. The Morgan fingerprint density at radius 3 is 1.30 bits per heavy atom. The highest BCUT2D eigenvalue weighted by atomic mass is 31.2. The van der Waals surface area contributed by atoms with Crippen molar-refractivity contribution in [3.8, 4) is 0 Å². The molecule has 0 saturated carbocycles. The highest BCUT2D eigenvalue weighted by molar-refractivity contribution is 7.45. The summed E-state index contributed by atoms with van der Waals surface area (Å²) < 4.78 is 8.88. The van der Waals surface area contributed by atoms with Crippen LogP contribution in [0.2, 0.25) is 0 Å². The summed E-state index contributed by atoms with van der Waals surface area (Å²) in [6.07, 6.45) is 0. The van der Waals surface area contributed by atoms with Crippen LogP contribution in [0.4, 0.5) is 0 Å². The van der Waals surface area contributed by atoms with Crippen molar-refractivity contribution in [1.82, 2.24) is 6.15 Å². The molecule has 64 valence electrons. The molecule has 0 atom stereocenters. The Morgan fingerprint density at radius 1 is 1.30 bits per heavy atom. The van der Waals surface area contributed by atoms with Crippen molar-refractivity contribution < 1.29 is 29.5 Å². The summed E-state index contributed by atoms with van der Waals surface area (Å²) in [6.45, 7) is 0. The van der Waals surface area contributed by atoms with Gasteiger partial charge >= 0.3 is 7.82 Å². The van der Waals surface area contributed by atoms with Gasteiger partial charge in [-0.2, -0.15) is 0 Å². The molecule has 0 fully saturated rings. The van der Waals surface area contributed by atoms with Gasteiger partial charge in [-0.1, -0.05) is 0 Å². The normalized spacial score (nSPS) is 8.30. The van der Waals surface area contributed by atoms with E-state index in [1.807, 2.05) is 0 Å². The van der Waals surface area contributed by atoms with E-state index in [1.54, 1.807) is 0 Å². The van der Waals surface area contributed by atoms with Crippen LogP contribution in [0.1, 0.15) is 0 Å². The predicted octanol–water partition coefficient (Wildman–Crippen LogP) is -1.11. The molecule has 0 aliphatic carbocycles. The van der Waals surface area contributed by atoms with Gasteiger partial charge in [0.2, 0.25) is 0 Å². The second-order valence-electron chi connectivity index (χ2n) is 0.751. The van der Waals surface area contributed by atoms with Crippen molar-refractivity contribution in [2.24, 2.45) is 0 Å². The molecule has 0 bridgehead atoms. The lowest BCUT2D eigenvalue weighted by atomic mass is 13.1. The maximum Gasteiger partial charge on any atom is 0.466 e. The van der Waals surface area contributed by atoms with Crippen LogP contribution < -0.4 is 6.15 Å². The molecule has 9 nitrogen and oxygen atoms in total. The molecule has 0 aromatic carbocycles. The SMILES string of the molecule is N.O=P(O)(O)O.O=[N+]([O-])O. The standard InChI is InChI=1S/HNO3.H3N.H3O4P/c2-1(3)4;;1-5(2,3)4/h(H,2,3,4);1H3;(H3,1,2,3,4). The minimum atomic E-state index is -4.64. The van der Waals surface area contributed by atoms with Crippen molar-refractivity contribution in [2.45, 2.75) is 0 Å². The number of hydrogen-bond donors (Lipinski definition) is 5. The van der Waals surface area contributed by atoms with E-state index in [2.05, 4.69) is 0 Å². The topological polar surface area (TPSA) is 176 Å². The first-order valence-corrected chi connectivity index (χ1v) is 2.91. The summed E-state index contributed by atoms with van der Waals surface area (Å²) in [5.74, 6) is 0. The second-order valence-corrected chi connectivity index (χ2v) is 1.78. The maximum absolute atomic E-state index is 8.88. The Balaban J connectivity index is -0.0000000910. The van der Waals surface area contributed by atoms with Crippen LogP contribution in [-0.4, -0.2) is 25.0 Å². The summed E-state index contributed by atoms with van der Waals surface area (Å²) in [5, 5.41) is 13.6. The highest BCUT2D eigenvalue weighted by Gasteiger charge is 2.00. The lowest BCUT2D eigenvalue weighted by molar-refractivity contribution is -0.742. The molecule has 10 heteroatoms. The van der Waals surface area contributed by atoms with Crippen molar-refractivity contribution >= 4 is 7.82 Å². The van der Waals surface area contributed by atoms with Crippen LogP contribution in [-0.2, 0) is 4.57 Å². The molecule has 0 aromatic heterocycles. The molecule has 0 rings (SSSR count).